The third-order valence-corrected chi connectivity index (χ3v) is 3.51. The summed E-state index contributed by atoms with van der Waals surface area (Å²) in [7, 11) is 0. The number of benzene rings is 1. The summed E-state index contributed by atoms with van der Waals surface area (Å²) in [6, 6.07) is 1.77. The minimum Gasteiger partial charge on any atom is -0.428 e. The monoisotopic (exact) mass is 432 g/mol. The van der Waals surface area contributed by atoms with E-state index in [1.54, 1.807) is 0 Å². The van der Waals surface area contributed by atoms with Crippen LogP contribution in [0.3, 0.4) is 0 Å². The number of rotatable bonds is 5. The van der Waals surface area contributed by atoms with Gasteiger partial charge in [-0.15, -0.1) is 24.8 Å². The zero-order valence-corrected chi connectivity index (χ0v) is 14.7. The average molecular weight is 433 g/mol. The van der Waals surface area contributed by atoms with Crippen molar-refractivity contribution in [2.45, 2.75) is 24.8 Å². The molecule has 0 aliphatic carbocycles. The van der Waals surface area contributed by atoms with Gasteiger partial charge in [-0.2, -0.15) is 30.7 Å². The van der Waals surface area contributed by atoms with E-state index in [-0.39, 0.29) is 43.5 Å². The summed E-state index contributed by atoms with van der Waals surface area (Å²) in [4.78, 5) is 1.15. The maximum Gasteiger partial charge on any atom is 0.461 e. The molecule has 1 aliphatic rings. The summed E-state index contributed by atoms with van der Waals surface area (Å²) in [6.45, 7) is 0.934. The van der Waals surface area contributed by atoms with Gasteiger partial charge in [0.1, 0.15) is 11.8 Å². The third kappa shape index (κ3) is 6.33. The molecule has 26 heavy (non-hydrogen) atoms. The number of halogens is 9. The number of hydrogen-bond donors (Lipinski definition) is 1. The van der Waals surface area contributed by atoms with E-state index in [9.17, 15) is 30.7 Å². The number of alkyl halides is 7. The van der Waals surface area contributed by atoms with Crippen LogP contribution < -0.4 is 10.1 Å². The van der Waals surface area contributed by atoms with Crippen molar-refractivity contribution in [2.75, 3.05) is 26.2 Å². The van der Waals surface area contributed by atoms with Gasteiger partial charge in [-0.1, -0.05) is 12.1 Å². The van der Waals surface area contributed by atoms with E-state index in [1.165, 1.54) is 0 Å². The standard InChI is InChI=1S/C14H15F7N2O.2ClH/c15-12(16)14(20,21)24-10-3-1-2-9(8-10)11(13(17,18)19)23-6-4-22-5-7-23;;/h1-3,8,11-12,22H,4-7H2;2*1H/t11-;;/m1../s1. The Bertz CT molecular complexity index is 554. The van der Waals surface area contributed by atoms with Crippen LogP contribution in [0.15, 0.2) is 24.3 Å². The Kier molecular flexibility index (Phi) is 9.45. The Hall–Kier alpha value is -0.970. The highest BCUT2D eigenvalue weighted by Gasteiger charge is 2.46. The Morgan fingerprint density at radius 3 is 2.08 bits per heavy atom. The van der Waals surface area contributed by atoms with Gasteiger partial charge in [0.25, 0.3) is 0 Å². The van der Waals surface area contributed by atoms with E-state index in [0.29, 0.717) is 13.1 Å². The number of piperazine rings is 1. The van der Waals surface area contributed by atoms with Crippen LogP contribution in [0, 0.1) is 0 Å². The largest absolute Gasteiger partial charge is 0.461 e. The zero-order valence-electron chi connectivity index (χ0n) is 13.1. The number of hydrogen-bond acceptors (Lipinski definition) is 3. The lowest BCUT2D eigenvalue weighted by atomic mass is 10.0. The molecule has 0 bridgehead atoms. The highest BCUT2D eigenvalue weighted by Crippen LogP contribution is 2.39. The fraction of sp³-hybridized carbons (Fsp3) is 0.571. The predicted molar refractivity (Wildman–Crippen MR) is 85.8 cm³/mol. The Labute approximate surface area is 157 Å². The maximum absolute atomic E-state index is 13.4. The van der Waals surface area contributed by atoms with E-state index in [0.717, 1.165) is 29.2 Å². The molecule has 0 saturated carbocycles. The molecule has 1 N–H and O–H groups in total. The fourth-order valence-corrected chi connectivity index (χ4v) is 2.50. The van der Waals surface area contributed by atoms with Crippen LogP contribution >= 0.6 is 24.8 Å². The number of ether oxygens (including phenoxy) is 1. The number of nitrogens with zero attached hydrogens (tertiary/aromatic N) is 1. The first kappa shape index (κ1) is 25.0. The maximum atomic E-state index is 13.4. The molecule has 0 unspecified atom stereocenters. The highest BCUT2D eigenvalue weighted by atomic mass is 35.5. The number of nitrogens with one attached hydrogen (secondary N) is 1. The van der Waals surface area contributed by atoms with Crippen LogP contribution in [-0.4, -0.2) is 49.8 Å². The molecule has 0 spiro atoms. The van der Waals surface area contributed by atoms with Gasteiger partial charge in [0, 0.05) is 26.2 Å². The van der Waals surface area contributed by atoms with E-state index < -0.39 is 30.5 Å². The second-order valence-corrected chi connectivity index (χ2v) is 5.27. The first-order chi connectivity index (χ1) is 11.1. The van der Waals surface area contributed by atoms with Crippen molar-refractivity contribution >= 4 is 24.8 Å². The van der Waals surface area contributed by atoms with Crippen molar-refractivity contribution in [3.63, 3.8) is 0 Å². The Balaban J connectivity index is 0.00000312. The molecule has 1 aliphatic heterocycles. The third-order valence-electron chi connectivity index (χ3n) is 3.51. The molecule has 152 valence electrons. The fourth-order valence-electron chi connectivity index (χ4n) is 2.50. The molecule has 1 aromatic rings. The molecule has 0 aromatic heterocycles. The minimum absolute atomic E-state index is 0. The van der Waals surface area contributed by atoms with Crippen molar-refractivity contribution in [3.8, 4) is 5.75 Å². The van der Waals surface area contributed by atoms with Crippen LogP contribution in [0.4, 0.5) is 30.7 Å². The molecular formula is C14H17Cl2F7N2O. The molecule has 1 fully saturated rings. The minimum atomic E-state index is -4.78. The molecule has 3 nitrogen and oxygen atoms in total. The summed E-state index contributed by atoms with van der Waals surface area (Å²) in [5.74, 6) is -0.748. The van der Waals surface area contributed by atoms with Gasteiger partial charge in [0.2, 0.25) is 0 Å². The van der Waals surface area contributed by atoms with E-state index >= 15 is 0 Å². The second kappa shape index (κ2) is 9.82. The first-order valence-corrected chi connectivity index (χ1v) is 7.07. The molecule has 0 radical (unpaired) electrons. The smallest absolute Gasteiger partial charge is 0.428 e. The lowest BCUT2D eigenvalue weighted by Gasteiger charge is -2.36. The van der Waals surface area contributed by atoms with Gasteiger partial charge in [-0.05, 0) is 17.7 Å². The zero-order chi connectivity index (χ0) is 18.0. The van der Waals surface area contributed by atoms with Crippen molar-refractivity contribution < 1.29 is 35.5 Å². The van der Waals surface area contributed by atoms with E-state index in [2.05, 4.69) is 10.1 Å². The van der Waals surface area contributed by atoms with Crippen molar-refractivity contribution in [1.29, 1.82) is 0 Å². The van der Waals surface area contributed by atoms with Gasteiger partial charge in [0.15, 0.2) is 0 Å². The van der Waals surface area contributed by atoms with Gasteiger partial charge in [-0.3, -0.25) is 4.90 Å². The molecule has 0 amide bonds. The summed E-state index contributed by atoms with van der Waals surface area (Å²) in [6.07, 6.45) is -13.5. The Morgan fingerprint density at radius 1 is 1.00 bits per heavy atom. The van der Waals surface area contributed by atoms with E-state index in [1.807, 2.05) is 0 Å². The highest BCUT2D eigenvalue weighted by molar-refractivity contribution is 5.85. The summed E-state index contributed by atoms with van der Waals surface area (Å²) >= 11 is 0. The van der Waals surface area contributed by atoms with Gasteiger partial charge in [0.05, 0.1) is 0 Å². The SMILES string of the molecule is Cl.Cl.FC(F)C(F)(F)Oc1cccc([C@@H](N2CCNCC2)C(F)(F)F)c1. The van der Waals surface area contributed by atoms with E-state index in [4.69, 9.17) is 0 Å². The summed E-state index contributed by atoms with van der Waals surface area (Å²) in [5, 5.41) is 2.91. The van der Waals surface area contributed by atoms with Crippen LogP contribution in [0.5, 0.6) is 5.75 Å². The topological polar surface area (TPSA) is 24.5 Å². The van der Waals surface area contributed by atoms with Crippen LogP contribution in [-0.2, 0) is 0 Å². The normalized spacial score (nSPS) is 17.2. The van der Waals surface area contributed by atoms with Crippen LogP contribution in [0.25, 0.3) is 0 Å². The molecule has 1 saturated heterocycles. The molecular weight excluding hydrogens is 416 g/mol. The van der Waals surface area contributed by atoms with Crippen molar-refractivity contribution in [2.24, 2.45) is 0 Å². The Morgan fingerprint density at radius 2 is 1.58 bits per heavy atom. The van der Waals surface area contributed by atoms with Crippen LogP contribution in [0.2, 0.25) is 0 Å². The quantitative estimate of drug-likeness (QED) is 0.703. The second-order valence-electron chi connectivity index (χ2n) is 5.27. The average Bonchev–Trinajstić information content (AvgIpc) is 2.47. The van der Waals surface area contributed by atoms with Gasteiger partial charge < -0.3 is 10.1 Å². The molecule has 1 heterocycles. The van der Waals surface area contributed by atoms with Crippen molar-refractivity contribution in [3.05, 3.63) is 29.8 Å². The predicted octanol–water partition coefficient (Wildman–Crippen LogP) is 4.28. The van der Waals surface area contributed by atoms with Crippen molar-refractivity contribution in [1.82, 2.24) is 10.2 Å². The molecule has 1 atom stereocenters. The molecule has 12 heteroatoms. The first-order valence-electron chi connectivity index (χ1n) is 7.07. The lowest BCUT2D eigenvalue weighted by Crippen LogP contribution is -2.49. The van der Waals surface area contributed by atoms with Gasteiger partial charge >= 0.3 is 18.7 Å². The molecule has 1 aromatic carbocycles. The van der Waals surface area contributed by atoms with Crippen LogP contribution in [0.1, 0.15) is 11.6 Å². The summed E-state index contributed by atoms with van der Waals surface area (Å²) in [5.41, 5.74) is -0.341. The summed E-state index contributed by atoms with van der Waals surface area (Å²) < 4.78 is 94.3. The van der Waals surface area contributed by atoms with Gasteiger partial charge in [-0.25, -0.2) is 0 Å². The lowest BCUT2D eigenvalue weighted by molar-refractivity contribution is -0.253. The molecule has 2 rings (SSSR count).